The zero-order valence-corrected chi connectivity index (χ0v) is 17.7. The molecule has 1 aromatic heterocycles. The van der Waals surface area contributed by atoms with Crippen LogP contribution in [0.3, 0.4) is 0 Å². The quantitative estimate of drug-likeness (QED) is 0.551. The van der Waals surface area contributed by atoms with Crippen molar-refractivity contribution >= 4 is 41.1 Å². The van der Waals surface area contributed by atoms with Crippen molar-refractivity contribution in [2.24, 2.45) is 10.4 Å². The van der Waals surface area contributed by atoms with Crippen LogP contribution in [0.1, 0.15) is 53.5 Å². The van der Waals surface area contributed by atoms with Crippen molar-refractivity contribution in [2.75, 3.05) is 20.5 Å². The maximum Gasteiger partial charge on any atom is 0.306 e. The molecule has 8 heteroatoms. The Morgan fingerprint density at radius 2 is 1.93 bits per heavy atom. The summed E-state index contributed by atoms with van der Waals surface area (Å²) in [5.41, 5.74) is 3.37. The fraction of sp³-hybridized carbons (Fsp3) is 0.500. The Kier molecular flexibility index (Phi) is 7.23. The maximum absolute atomic E-state index is 11.8. The number of allylic oxidation sites excluding steroid dienone is 1. The molecule has 1 aliphatic rings. The van der Waals surface area contributed by atoms with Crippen LogP contribution in [0, 0.1) is 12.3 Å². The molecule has 0 saturated heterocycles. The molecule has 0 radical (unpaired) electrons. The molecule has 0 saturated carbocycles. The van der Waals surface area contributed by atoms with Gasteiger partial charge in [0.25, 0.3) is 0 Å². The fourth-order valence-electron chi connectivity index (χ4n) is 3.43. The maximum atomic E-state index is 11.8. The number of carbonyl (C=O) groups is 3. The minimum absolute atomic E-state index is 0.206. The van der Waals surface area contributed by atoms with E-state index in [9.17, 15) is 14.4 Å². The van der Waals surface area contributed by atoms with Crippen LogP contribution < -0.4 is 0 Å². The highest BCUT2D eigenvalue weighted by atomic mass is 32.2. The number of ether oxygens (including phenoxy) is 2. The lowest BCUT2D eigenvalue weighted by Crippen LogP contribution is -2.25. The highest BCUT2D eigenvalue weighted by Gasteiger charge is 2.39. The number of aromatic nitrogens is 1. The predicted octanol–water partition coefficient (Wildman–Crippen LogP) is 3.32. The SMILES string of the molecule is COC(=O)CCc1c(C=O)[nH]c(/C=C2/C[C@](C)(CC(=O)OC)C(SC)=N2)c1C. The number of hydrogen-bond donors (Lipinski definition) is 1. The van der Waals surface area contributed by atoms with E-state index in [1.807, 2.05) is 26.2 Å². The van der Waals surface area contributed by atoms with Crippen LogP contribution in [-0.2, 0) is 25.5 Å². The van der Waals surface area contributed by atoms with Crippen molar-refractivity contribution in [3.05, 3.63) is 28.2 Å². The minimum Gasteiger partial charge on any atom is -0.469 e. The van der Waals surface area contributed by atoms with E-state index < -0.39 is 5.41 Å². The van der Waals surface area contributed by atoms with Crippen LogP contribution in [0.15, 0.2) is 10.7 Å². The summed E-state index contributed by atoms with van der Waals surface area (Å²) in [7, 11) is 2.72. The van der Waals surface area contributed by atoms with Gasteiger partial charge in [-0.05, 0) is 36.8 Å². The van der Waals surface area contributed by atoms with Gasteiger partial charge >= 0.3 is 11.9 Å². The summed E-state index contributed by atoms with van der Waals surface area (Å²) in [6.45, 7) is 3.91. The number of H-pyrrole nitrogens is 1. The second kappa shape index (κ2) is 9.23. The van der Waals surface area contributed by atoms with E-state index in [1.54, 1.807) is 0 Å². The monoisotopic (exact) mass is 406 g/mol. The second-order valence-corrected chi connectivity index (χ2v) is 7.79. The summed E-state index contributed by atoms with van der Waals surface area (Å²) in [6, 6.07) is 0. The molecule has 0 spiro atoms. The van der Waals surface area contributed by atoms with E-state index in [4.69, 9.17) is 4.74 Å². The normalized spacial score (nSPS) is 20.2. The zero-order valence-electron chi connectivity index (χ0n) is 16.9. The van der Waals surface area contributed by atoms with Crippen molar-refractivity contribution in [1.82, 2.24) is 4.98 Å². The van der Waals surface area contributed by atoms with Gasteiger partial charge in [-0.1, -0.05) is 6.92 Å². The van der Waals surface area contributed by atoms with Crippen LogP contribution in [0.5, 0.6) is 0 Å². The molecule has 0 fully saturated rings. The highest BCUT2D eigenvalue weighted by Crippen LogP contribution is 2.43. The van der Waals surface area contributed by atoms with Crippen molar-refractivity contribution < 1.29 is 23.9 Å². The number of methoxy groups -OCH3 is 2. The Morgan fingerprint density at radius 1 is 1.25 bits per heavy atom. The first-order chi connectivity index (χ1) is 13.3. The summed E-state index contributed by atoms with van der Waals surface area (Å²) in [4.78, 5) is 42.5. The first kappa shape index (κ1) is 21.9. The van der Waals surface area contributed by atoms with E-state index in [2.05, 4.69) is 14.7 Å². The Morgan fingerprint density at radius 3 is 2.50 bits per heavy atom. The van der Waals surface area contributed by atoms with Crippen molar-refractivity contribution in [2.45, 2.75) is 39.5 Å². The lowest BCUT2D eigenvalue weighted by atomic mass is 9.85. The van der Waals surface area contributed by atoms with Crippen LogP contribution in [0.4, 0.5) is 0 Å². The van der Waals surface area contributed by atoms with Gasteiger partial charge in [0.05, 0.1) is 31.4 Å². The number of nitrogens with one attached hydrogen (secondary N) is 1. The smallest absolute Gasteiger partial charge is 0.306 e. The lowest BCUT2D eigenvalue weighted by molar-refractivity contribution is -0.142. The molecule has 0 unspecified atom stereocenters. The number of carbonyl (C=O) groups excluding carboxylic acids is 3. The van der Waals surface area contributed by atoms with E-state index in [0.717, 1.165) is 33.8 Å². The first-order valence-electron chi connectivity index (χ1n) is 8.92. The Labute approximate surface area is 169 Å². The molecule has 1 aliphatic heterocycles. The largest absolute Gasteiger partial charge is 0.469 e. The van der Waals surface area contributed by atoms with Crippen molar-refractivity contribution in [3.63, 3.8) is 0 Å². The van der Waals surface area contributed by atoms with Gasteiger partial charge in [-0.15, -0.1) is 11.8 Å². The Balaban J connectivity index is 2.31. The summed E-state index contributed by atoms with van der Waals surface area (Å²) < 4.78 is 9.51. The molecule has 0 amide bonds. The van der Waals surface area contributed by atoms with Gasteiger partial charge in [-0.3, -0.25) is 19.4 Å². The first-order valence-corrected chi connectivity index (χ1v) is 10.1. The zero-order chi connectivity index (χ0) is 20.9. The highest BCUT2D eigenvalue weighted by molar-refractivity contribution is 8.13. The Hall–Kier alpha value is -2.35. The van der Waals surface area contributed by atoms with Crippen LogP contribution in [0.2, 0.25) is 0 Å². The number of aldehydes is 1. The molecule has 0 aliphatic carbocycles. The number of nitrogens with zero attached hydrogens (tertiary/aromatic N) is 1. The van der Waals surface area contributed by atoms with E-state index in [0.29, 0.717) is 18.5 Å². The fourth-order valence-corrected chi connectivity index (χ4v) is 4.27. The summed E-state index contributed by atoms with van der Waals surface area (Å²) in [6.07, 6.45) is 6.09. The van der Waals surface area contributed by atoms with Gasteiger partial charge < -0.3 is 14.5 Å². The summed E-state index contributed by atoms with van der Waals surface area (Å²) >= 11 is 1.52. The van der Waals surface area contributed by atoms with Gasteiger partial charge in [0.2, 0.25) is 0 Å². The molecule has 1 aromatic rings. The third-order valence-electron chi connectivity index (χ3n) is 4.97. The Bertz CT molecular complexity index is 840. The number of rotatable bonds is 7. The van der Waals surface area contributed by atoms with E-state index >= 15 is 0 Å². The van der Waals surface area contributed by atoms with Crippen LogP contribution in [0.25, 0.3) is 6.08 Å². The third-order valence-corrected chi connectivity index (χ3v) is 5.95. The second-order valence-electron chi connectivity index (χ2n) is 7.00. The molecule has 2 rings (SSSR count). The molecule has 0 bridgehead atoms. The summed E-state index contributed by atoms with van der Waals surface area (Å²) in [5.74, 6) is -0.587. The standard InChI is InChI=1S/C20H26N2O5S/c1-12-14(6-7-17(24)26-3)16(11-23)22-15(12)8-13-9-20(2,10-18(25)27-4)19(21-13)28-5/h8,11,22H,6-7,9-10H2,1-5H3/b13-8-/t20-/m1/s1. The summed E-state index contributed by atoms with van der Waals surface area (Å²) in [5, 5.41) is 0.884. The topological polar surface area (TPSA) is 97.8 Å². The van der Waals surface area contributed by atoms with Crippen LogP contribution in [-0.4, -0.2) is 48.7 Å². The minimum atomic E-state index is -0.403. The van der Waals surface area contributed by atoms with Gasteiger partial charge in [-0.25, -0.2) is 0 Å². The molecule has 2 heterocycles. The number of esters is 2. The van der Waals surface area contributed by atoms with E-state index in [1.165, 1.54) is 26.0 Å². The van der Waals surface area contributed by atoms with Crippen LogP contribution >= 0.6 is 11.8 Å². The average molecular weight is 407 g/mol. The lowest BCUT2D eigenvalue weighted by Gasteiger charge is -2.22. The van der Waals surface area contributed by atoms with Gasteiger partial charge in [-0.2, -0.15) is 0 Å². The number of thioether (sulfide) groups is 1. The average Bonchev–Trinajstić information content (AvgIpc) is 3.15. The number of aromatic amines is 1. The number of aliphatic imine (C=N–C) groups is 1. The predicted molar refractivity (Wildman–Crippen MR) is 110 cm³/mol. The van der Waals surface area contributed by atoms with E-state index in [-0.39, 0.29) is 24.8 Å². The van der Waals surface area contributed by atoms with Gasteiger partial charge in [0.1, 0.15) is 0 Å². The number of hydrogen-bond acceptors (Lipinski definition) is 7. The van der Waals surface area contributed by atoms with Gasteiger partial charge in [0, 0.05) is 29.6 Å². The molecular weight excluding hydrogens is 380 g/mol. The third kappa shape index (κ3) is 4.73. The molecule has 1 N–H and O–H groups in total. The van der Waals surface area contributed by atoms with Crippen molar-refractivity contribution in [3.8, 4) is 0 Å². The molecule has 0 aromatic carbocycles. The van der Waals surface area contributed by atoms with Gasteiger partial charge in [0.15, 0.2) is 6.29 Å². The van der Waals surface area contributed by atoms with Crippen molar-refractivity contribution in [1.29, 1.82) is 0 Å². The molecule has 28 heavy (non-hydrogen) atoms. The molecule has 1 atom stereocenters. The molecule has 152 valence electrons. The molecule has 7 nitrogen and oxygen atoms in total. The molecular formula is C20H26N2O5S.